The molecule has 2 aliphatic rings. The van der Waals surface area contributed by atoms with Gasteiger partial charge in [0.15, 0.2) is 6.10 Å². The van der Waals surface area contributed by atoms with Gasteiger partial charge in [0.2, 0.25) is 0 Å². The molecule has 0 unspecified atom stereocenters. The first kappa shape index (κ1) is 17.1. The fraction of sp³-hybridized carbons (Fsp3) is 0.400. The molecule has 26 heavy (non-hydrogen) atoms. The quantitative estimate of drug-likeness (QED) is 0.798. The number of hydrogen-bond donors (Lipinski definition) is 2. The van der Waals surface area contributed by atoms with E-state index in [2.05, 4.69) is 10.9 Å². The van der Waals surface area contributed by atoms with Gasteiger partial charge in [-0.25, -0.2) is 0 Å². The number of thiophene rings is 1. The lowest BCUT2D eigenvalue weighted by atomic mass is 10.00. The number of para-hydroxylation sites is 1. The lowest BCUT2D eigenvalue weighted by Crippen LogP contribution is -2.47. The smallest absolute Gasteiger partial charge is 0.279 e. The number of hydrogen-bond acceptors (Lipinski definition) is 4. The van der Waals surface area contributed by atoms with Crippen LogP contribution in [0.15, 0.2) is 30.3 Å². The predicted octanol–water partition coefficient (Wildman–Crippen LogP) is 3.17. The van der Waals surface area contributed by atoms with Crippen LogP contribution in [0.3, 0.4) is 0 Å². The topological polar surface area (TPSA) is 67.4 Å². The Bertz CT molecular complexity index is 780. The highest BCUT2D eigenvalue weighted by Gasteiger charge is 2.29. The van der Waals surface area contributed by atoms with Gasteiger partial charge in [-0.1, -0.05) is 31.0 Å². The van der Waals surface area contributed by atoms with Gasteiger partial charge in [-0.2, -0.15) is 0 Å². The zero-order valence-corrected chi connectivity index (χ0v) is 15.4. The van der Waals surface area contributed by atoms with Crippen LogP contribution >= 0.6 is 11.3 Å². The maximum Gasteiger partial charge on any atom is 0.279 e. The number of benzene rings is 1. The van der Waals surface area contributed by atoms with Crippen molar-refractivity contribution in [3.63, 3.8) is 0 Å². The van der Waals surface area contributed by atoms with Gasteiger partial charge in [-0.15, -0.1) is 11.3 Å². The van der Waals surface area contributed by atoms with Crippen molar-refractivity contribution in [2.45, 2.75) is 51.0 Å². The summed E-state index contributed by atoms with van der Waals surface area (Å²) >= 11 is 1.55. The number of carbonyl (C=O) groups is 2. The summed E-state index contributed by atoms with van der Waals surface area (Å²) in [7, 11) is 0. The van der Waals surface area contributed by atoms with Gasteiger partial charge < -0.3 is 4.74 Å². The van der Waals surface area contributed by atoms with E-state index in [-0.39, 0.29) is 11.8 Å². The second kappa shape index (κ2) is 7.50. The molecule has 0 saturated carbocycles. The number of ether oxygens (including phenoxy) is 1. The van der Waals surface area contributed by atoms with Crippen molar-refractivity contribution in [1.82, 2.24) is 10.9 Å². The molecular formula is C20H22N2O3S. The van der Waals surface area contributed by atoms with E-state index in [0.717, 1.165) is 24.2 Å². The Balaban J connectivity index is 1.34. The van der Waals surface area contributed by atoms with Crippen molar-refractivity contribution in [3.05, 3.63) is 51.2 Å². The molecule has 2 amide bonds. The number of hydrazine groups is 1. The molecule has 2 N–H and O–H groups in total. The summed E-state index contributed by atoms with van der Waals surface area (Å²) in [6.45, 7) is 0. The number of rotatable bonds is 2. The van der Waals surface area contributed by atoms with Crippen LogP contribution in [0.1, 0.15) is 51.4 Å². The van der Waals surface area contributed by atoms with Crippen molar-refractivity contribution < 1.29 is 14.3 Å². The number of carbonyl (C=O) groups excluding carboxylic acids is 2. The standard InChI is InChI=1S/C20H22N2O3S/c23-19(16-11-13-7-5-6-9-15(13)25-16)21-22-20(24)18-12-14-8-3-1-2-4-10-17(14)26-18/h5-7,9,12,16H,1-4,8,10-11H2,(H,21,23)(H,22,24)/t16-/m0/s1. The zero-order chi connectivity index (χ0) is 17.9. The van der Waals surface area contributed by atoms with E-state index < -0.39 is 6.10 Å². The molecule has 0 fully saturated rings. The van der Waals surface area contributed by atoms with Crippen LogP contribution in [-0.4, -0.2) is 17.9 Å². The van der Waals surface area contributed by atoms with Gasteiger partial charge in [-0.05, 0) is 48.9 Å². The lowest BCUT2D eigenvalue weighted by molar-refractivity contribution is -0.128. The average Bonchev–Trinajstić information content (AvgIpc) is 3.23. The van der Waals surface area contributed by atoms with E-state index in [1.54, 1.807) is 11.3 Å². The molecular weight excluding hydrogens is 348 g/mol. The van der Waals surface area contributed by atoms with Crippen molar-refractivity contribution in [1.29, 1.82) is 0 Å². The summed E-state index contributed by atoms with van der Waals surface area (Å²) in [5.41, 5.74) is 7.34. The monoisotopic (exact) mass is 370 g/mol. The summed E-state index contributed by atoms with van der Waals surface area (Å²) < 4.78 is 5.64. The Morgan fingerprint density at radius 1 is 1.00 bits per heavy atom. The van der Waals surface area contributed by atoms with E-state index >= 15 is 0 Å². The maximum absolute atomic E-state index is 12.4. The maximum atomic E-state index is 12.4. The first-order valence-corrected chi connectivity index (χ1v) is 9.99. The summed E-state index contributed by atoms with van der Waals surface area (Å²) in [6.07, 6.45) is 6.90. The minimum absolute atomic E-state index is 0.259. The highest BCUT2D eigenvalue weighted by molar-refractivity contribution is 7.14. The summed E-state index contributed by atoms with van der Waals surface area (Å²) in [5.74, 6) is 0.145. The molecule has 1 aromatic carbocycles. The number of fused-ring (bicyclic) bond motifs is 2. The van der Waals surface area contributed by atoms with Crippen molar-refractivity contribution >= 4 is 23.2 Å². The SMILES string of the molecule is O=C(NNC(=O)[C@@H]1Cc2ccccc2O1)c1cc2c(s1)CCCCCC2. The van der Waals surface area contributed by atoms with E-state index in [1.165, 1.54) is 36.1 Å². The van der Waals surface area contributed by atoms with Gasteiger partial charge in [0.25, 0.3) is 11.8 Å². The van der Waals surface area contributed by atoms with E-state index in [1.807, 2.05) is 30.3 Å². The van der Waals surface area contributed by atoms with Gasteiger partial charge in [0, 0.05) is 11.3 Å². The summed E-state index contributed by atoms with van der Waals surface area (Å²) in [4.78, 5) is 26.7. The minimum atomic E-state index is -0.601. The molecule has 5 nitrogen and oxygen atoms in total. The molecule has 4 rings (SSSR count). The number of nitrogens with one attached hydrogen (secondary N) is 2. The first-order chi connectivity index (χ1) is 12.7. The fourth-order valence-electron chi connectivity index (χ4n) is 3.54. The molecule has 0 saturated heterocycles. The molecule has 2 heterocycles. The van der Waals surface area contributed by atoms with Crippen LogP contribution in [0.5, 0.6) is 5.75 Å². The molecule has 1 atom stereocenters. The minimum Gasteiger partial charge on any atom is -0.480 e. The first-order valence-electron chi connectivity index (χ1n) is 9.17. The molecule has 6 heteroatoms. The van der Waals surface area contributed by atoms with Crippen molar-refractivity contribution in [2.75, 3.05) is 0 Å². The molecule has 1 aromatic heterocycles. The Hall–Kier alpha value is -2.34. The van der Waals surface area contributed by atoms with Gasteiger partial charge in [0.1, 0.15) is 5.75 Å². The normalized spacial score (nSPS) is 18.7. The third-order valence-corrected chi connectivity index (χ3v) is 6.20. The fourth-order valence-corrected chi connectivity index (χ4v) is 4.69. The lowest BCUT2D eigenvalue weighted by Gasteiger charge is -2.11. The predicted molar refractivity (Wildman–Crippen MR) is 100 cm³/mol. The summed E-state index contributed by atoms with van der Waals surface area (Å²) in [5, 5.41) is 0. The van der Waals surface area contributed by atoms with E-state index in [9.17, 15) is 9.59 Å². The van der Waals surface area contributed by atoms with Gasteiger partial charge >= 0.3 is 0 Å². The molecule has 0 bridgehead atoms. The Morgan fingerprint density at radius 3 is 2.65 bits per heavy atom. The van der Waals surface area contributed by atoms with Gasteiger partial charge in [-0.3, -0.25) is 20.4 Å². The van der Waals surface area contributed by atoms with Gasteiger partial charge in [0.05, 0.1) is 4.88 Å². The Kier molecular flexibility index (Phi) is 4.93. The van der Waals surface area contributed by atoms with E-state index in [4.69, 9.17) is 4.74 Å². The molecule has 0 radical (unpaired) electrons. The van der Waals surface area contributed by atoms with Crippen LogP contribution in [0.4, 0.5) is 0 Å². The molecule has 1 aliphatic heterocycles. The van der Waals surface area contributed by atoms with Crippen molar-refractivity contribution in [2.24, 2.45) is 0 Å². The van der Waals surface area contributed by atoms with Crippen LogP contribution in [0.2, 0.25) is 0 Å². The highest BCUT2D eigenvalue weighted by Crippen LogP contribution is 2.29. The number of amides is 2. The molecule has 2 aromatic rings. The average molecular weight is 370 g/mol. The third-order valence-electron chi connectivity index (χ3n) is 4.96. The van der Waals surface area contributed by atoms with Crippen molar-refractivity contribution in [3.8, 4) is 5.75 Å². The largest absolute Gasteiger partial charge is 0.480 e. The second-order valence-electron chi connectivity index (χ2n) is 6.83. The molecule has 0 spiro atoms. The molecule has 136 valence electrons. The highest BCUT2D eigenvalue weighted by atomic mass is 32.1. The van der Waals surface area contributed by atoms with E-state index in [0.29, 0.717) is 11.3 Å². The third kappa shape index (κ3) is 3.60. The van der Waals surface area contributed by atoms with Crippen LogP contribution in [-0.2, 0) is 24.1 Å². The Labute approximate surface area is 156 Å². The van der Waals surface area contributed by atoms with Crippen LogP contribution in [0.25, 0.3) is 0 Å². The second-order valence-corrected chi connectivity index (χ2v) is 7.97. The number of aryl methyl sites for hydroxylation is 2. The Morgan fingerprint density at radius 2 is 1.81 bits per heavy atom. The molecule has 1 aliphatic carbocycles. The van der Waals surface area contributed by atoms with Crippen LogP contribution < -0.4 is 15.6 Å². The summed E-state index contributed by atoms with van der Waals surface area (Å²) in [6, 6.07) is 9.58. The zero-order valence-electron chi connectivity index (χ0n) is 14.5. The van der Waals surface area contributed by atoms with Crippen LogP contribution in [0, 0.1) is 0 Å².